The van der Waals surface area contributed by atoms with Crippen LogP contribution >= 0.6 is 11.6 Å². The number of nitrogens with one attached hydrogen (secondary N) is 2. The molecule has 1 aliphatic heterocycles. The molecule has 2 heterocycles. The van der Waals surface area contributed by atoms with Crippen molar-refractivity contribution in [3.05, 3.63) is 22.8 Å². The van der Waals surface area contributed by atoms with Crippen LogP contribution in [0.3, 0.4) is 0 Å². The van der Waals surface area contributed by atoms with Crippen molar-refractivity contribution in [2.75, 3.05) is 32.0 Å². The second kappa shape index (κ2) is 6.90. The SMILES string of the molecule is CCNc1cc(C(=O)NC2CCN(C)CC2)c(Cl)cn1. The summed E-state index contributed by atoms with van der Waals surface area (Å²) in [6, 6.07) is 1.93. The molecule has 110 valence electrons. The van der Waals surface area contributed by atoms with Gasteiger partial charge in [-0.05, 0) is 46.0 Å². The van der Waals surface area contributed by atoms with Gasteiger partial charge in [0.25, 0.3) is 5.91 Å². The fourth-order valence-electron chi connectivity index (χ4n) is 2.31. The van der Waals surface area contributed by atoms with Crippen LogP contribution in [0.25, 0.3) is 0 Å². The van der Waals surface area contributed by atoms with E-state index in [2.05, 4.69) is 27.6 Å². The maximum atomic E-state index is 12.3. The first-order valence-corrected chi connectivity index (χ1v) is 7.36. The van der Waals surface area contributed by atoms with E-state index in [0.29, 0.717) is 16.4 Å². The van der Waals surface area contributed by atoms with Gasteiger partial charge >= 0.3 is 0 Å². The number of likely N-dealkylation sites (tertiary alicyclic amines) is 1. The lowest BCUT2D eigenvalue weighted by Gasteiger charge is -2.29. The number of pyridine rings is 1. The van der Waals surface area contributed by atoms with E-state index >= 15 is 0 Å². The molecule has 1 amide bonds. The zero-order chi connectivity index (χ0) is 14.5. The molecule has 0 saturated carbocycles. The fourth-order valence-corrected chi connectivity index (χ4v) is 2.50. The Morgan fingerprint density at radius 1 is 1.50 bits per heavy atom. The molecule has 0 atom stereocenters. The number of amides is 1. The maximum Gasteiger partial charge on any atom is 0.253 e. The Bertz CT molecular complexity index is 472. The van der Waals surface area contributed by atoms with Gasteiger partial charge in [0, 0.05) is 18.8 Å². The molecule has 6 heteroatoms. The average molecular weight is 297 g/mol. The Kier molecular flexibility index (Phi) is 5.20. The Balaban J connectivity index is 2.03. The third-order valence-electron chi connectivity index (χ3n) is 3.51. The van der Waals surface area contributed by atoms with E-state index in [9.17, 15) is 4.79 Å². The van der Waals surface area contributed by atoms with Gasteiger partial charge in [-0.25, -0.2) is 4.98 Å². The third-order valence-corrected chi connectivity index (χ3v) is 3.81. The first-order valence-electron chi connectivity index (χ1n) is 6.99. The number of carbonyl (C=O) groups excluding carboxylic acids is 1. The van der Waals surface area contributed by atoms with Crippen molar-refractivity contribution in [1.29, 1.82) is 0 Å². The van der Waals surface area contributed by atoms with Gasteiger partial charge in [0.05, 0.1) is 10.6 Å². The van der Waals surface area contributed by atoms with Crippen molar-refractivity contribution in [3.8, 4) is 0 Å². The zero-order valence-electron chi connectivity index (χ0n) is 11.9. The summed E-state index contributed by atoms with van der Waals surface area (Å²) in [6.45, 7) is 4.76. The third kappa shape index (κ3) is 3.84. The Labute approximate surface area is 124 Å². The number of aromatic nitrogens is 1. The molecule has 0 radical (unpaired) electrons. The van der Waals surface area contributed by atoms with Crippen LogP contribution in [0.15, 0.2) is 12.3 Å². The van der Waals surface area contributed by atoms with Crippen molar-refractivity contribution >= 4 is 23.3 Å². The van der Waals surface area contributed by atoms with Crippen molar-refractivity contribution < 1.29 is 4.79 Å². The molecular weight excluding hydrogens is 276 g/mol. The summed E-state index contributed by atoms with van der Waals surface area (Å²) < 4.78 is 0. The fraction of sp³-hybridized carbons (Fsp3) is 0.571. The van der Waals surface area contributed by atoms with Gasteiger partial charge in [0.1, 0.15) is 5.82 Å². The van der Waals surface area contributed by atoms with Crippen LogP contribution in [-0.2, 0) is 0 Å². The molecule has 5 nitrogen and oxygen atoms in total. The van der Waals surface area contributed by atoms with E-state index in [4.69, 9.17) is 11.6 Å². The summed E-state index contributed by atoms with van der Waals surface area (Å²) >= 11 is 6.07. The smallest absolute Gasteiger partial charge is 0.253 e. The predicted octanol–water partition coefficient (Wildman–Crippen LogP) is 1.99. The van der Waals surface area contributed by atoms with Crippen molar-refractivity contribution in [1.82, 2.24) is 15.2 Å². The van der Waals surface area contributed by atoms with E-state index in [-0.39, 0.29) is 11.9 Å². The number of piperidine rings is 1. The minimum absolute atomic E-state index is 0.119. The minimum atomic E-state index is -0.119. The molecule has 0 aliphatic carbocycles. The largest absolute Gasteiger partial charge is 0.370 e. The number of halogens is 1. The van der Waals surface area contributed by atoms with Gasteiger partial charge in [0.15, 0.2) is 0 Å². The number of rotatable bonds is 4. The summed E-state index contributed by atoms with van der Waals surface area (Å²) in [4.78, 5) is 18.7. The predicted molar refractivity (Wildman–Crippen MR) is 81.4 cm³/mol. The molecule has 2 N–H and O–H groups in total. The molecule has 1 fully saturated rings. The first kappa shape index (κ1) is 15.1. The molecule has 1 aromatic heterocycles. The Hall–Kier alpha value is -1.33. The zero-order valence-corrected chi connectivity index (χ0v) is 12.7. The molecule has 0 bridgehead atoms. The number of nitrogens with zero attached hydrogens (tertiary/aromatic N) is 2. The normalized spacial score (nSPS) is 16.9. The van der Waals surface area contributed by atoms with E-state index < -0.39 is 0 Å². The van der Waals surface area contributed by atoms with Gasteiger partial charge in [-0.2, -0.15) is 0 Å². The highest BCUT2D eigenvalue weighted by molar-refractivity contribution is 6.33. The molecule has 1 aliphatic rings. The number of hydrogen-bond donors (Lipinski definition) is 2. The Morgan fingerprint density at radius 3 is 2.85 bits per heavy atom. The lowest BCUT2D eigenvalue weighted by Crippen LogP contribution is -2.43. The molecule has 2 rings (SSSR count). The van der Waals surface area contributed by atoms with Gasteiger partial charge in [-0.3, -0.25) is 4.79 Å². The quantitative estimate of drug-likeness (QED) is 0.892. The molecule has 20 heavy (non-hydrogen) atoms. The van der Waals surface area contributed by atoms with Crippen molar-refractivity contribution in [3.63, 3.8) is 0 Å². The lowest BCUT2D eigenvalue weighted by molar-refractivity contribution is 0.0917. The molecular formula is C14H21ClN4O. The van der Waals surface area contributed by atoms with E-state index in [1.165, 1.54) is 6.20 Å². The summed E-state index contributed by atoms with van der Waals surface area (Å²) in [5, 5.41) is 6.53. The molecule has 0 aromatic carbocycles. The number of anilines is 1. The molecule has 0 spiro atoms. The standard InChI is InChI=1S/C14H21ClN4O/c1-3-16-13-8-11(12(15)9-17-13)14(20)18-10-4-6-19(2)7-5-10/h8-10H,3-7H2,1-2H3,(H,16,17)(H,18,20). The van der Waals surface area contributed by atoms with Gasteiger partial charge in [0.2, 0.25) is 0 Å². The highest BCUT2D eigenvalue weighted by Crippen LogP contribution is 2.19. The summed E-state index contributed by atoms with van der Waals surface area (Å²) in [5.41, 5.74) is 0.483. The van der Waals surface area contributed by atoms with Crippen LogP contribution in [0.5, 0.6) is 0 Å². The second-order valence-corrected chi connectivity index (χ2v) is 5.54. The highest BCUT2D eigenvalue weighted by atomic mass is 35.5. The van der Waals surface area contributed by atoms with Crippen molar-refractivity contribution in [2.45, 2.75) is 25.8 Å². The van der Waals surface area contributed by atoms with Gasteiger partial charge < -0.3 is 15.5 Å². The van der Waals surface area contributed by atoms with E-state index in [1.807, 2.05) is 6.92 Å². The summed E-state index contributed by atoms with van der Waals surface area (Å²) in [5.74, 6) is 0.552. The van der Waals surface area contributed by atoms with Crippen LogP contribution in [0, 0.1) is 0 Å². The van der Waals surface area contributed by atoms with Crippen LogP contribution in [0.1, 0.15) is 30.1 Å². The van der Waals surface area contributed by atoms with Gasteiger partial charge in [-0.15, -0.1) is 0 Å². The topological polar surface area (TPSA) is 57.3 Å². The van der Waals surface area contributed by atoms with Crippen LogP contribution in [-0.4, -0.2) is 48.5 Å². The highest BCUT2D eigenvalue weighted by Gasteiger charge is 2.20. The van der Waals surface area contributed by atoms with Crippen LogP contribution in [0.4, 0.5) is 5.82 Å². The summed E-state index contributed by atoms with van der Waals surface area (Å²) in [6.07, 6.45) is 3.47. The molecule has 1 aromatic rings. The molecule has 0 unspecified atom stereocenters. The first-order chi connectivity index (χ1) is 9.60. The lowest BCUT2D eigenvalue weighted by atomic mass is 10.1. The monoisotopic (exact) mass is 296 g/mol. The Morgan fingerprint density at radius 2 is 2.20 bits per heavy atom. The summed E-state index contributed by atoms with van der Waals surface area (Å²) in [7, 11) is 2.10. The van der Waals surface area contributed by atoms with Crippen LogP contribution in [0.2, 0.25) is 5.02 Å². The average Bonchev–Trinajstić information content (AvgIpc) is 2.43. The second-order valence-electron chi connectivity index (χ2n) is 5.13. The van der Waals surface area contributed by atoms with Gasteiger partial charge in [-0.1, -0.05) is 11.6 Å². The number of hydrogen-bond acceptors (Lipinski definition) is 4. The maximum absolute atomic E-state index is 12.3. The van der Waals surface area contributed by atoms with Crippen molar-refractivity contribution in [2.24, 2.45) is 0 Å². The van der Waals surface area contributed by atoms with E-state index in [0.717, 1.165) is 32.5 Å². The van der Waals surface area contributed by atoms with Crippen LogP contribution < -0.4 is 10.6 Å². The minimum Gasteiger partial charge on any atom is -0.370 e. The number of carbonyl (C=O) groups is 1. The van der Waals surface area contributed by atoms with E-state index in [1.54, 1.807) is 6.07 Å². The molecule has 1 saturated heterocycles.